The lowest BCUT2D eigenvalue weighted by molar-refractivity contribution is -0.139. The molecule has 180 valence electrons. The van der Waals surface area contributed by atoms with E-state index in [0.717, 1.165) is 29.9 Å². The van der Waals surface area contributed by atoms with Crippen LogP contribution in [-0.4, -0.2) is 86.8 Å². The normalized spacial score (nSPS) is 20.2. The first-order valence-corrected chi connectivity index (χ1v) is 11.5. The van der Waals surface area contributed by atoms with Crippen LogP contribution >= 0.6 is 0 Å². The quantitative estimate of drug-likeness (QED) is 0.534. The standard InChI is InChI=1S/C24H26N8O3/c1-16-17(5-6-23(27-16)32-15-26-28-29-32)10-24(33)31-8-7-30-13-22(35-14-20(30)12-31)18-3-4-19(11-25)21(9-18)34-2/h3-6,9,15,20,22H,7-8,10,12-14H2,1-2H3. The van der Waals surface area contributed by atoms with Gasteiger partial charge in [0.2, 0.25) is 5.91 Å². The average Bonchev–Trinajstić information content (AvgIpc) is 3.44. The number of aryl methyl sites for hydroxylation is 1. The lowest BCUT2D eigenvalue weighted by Crippen LogP contribution is -2.59. The number of piperazine rings is 1. The van der Waals surface area contributed by atoms with E-state index in [-0.39, 0.29) is 18.1 Å². The fraction of sp³-hybridized carbons (Fsp3) is 0.417. The maximum absolute atomic E-state index is 13.1. The molecule has 35 heavy (non-hydrogen) atoms. The summed E-state index contributed by atoms with van der Waals surface area (Å²) in [5, 5.41) is 20.3. The van der Waals surface area contributed by atoms with Gasteiger partial charge in [0.1, 0.15) is 18.1 Å². The monoisotopic (exact) mass is 474 g/mol. The molecule has 2 aromatic heterocycles. The molecule has 2 aliphatic heterocycles. The van der Waals surface area contributed by atoms with Gasteiger partial charge in [-0.15, -0.1) is 5.10 Å². The summed E-state index contributed by atoms with van der Waals surface area (Å²) in [6, 6.07) is 11.6. The van der Waals surface area contributed by atoms with Crippen LogP contribution in [0.3, 0.4) is 0 Å². The molecule has 0 N–H and O–H groups in total. The van der Waals surface area contributed by atoms with Gasteiger partial charge in [0, 0.05) is 31.9 Å². The second-order valence-electron chi connectivity index (χ2n) is 8.73. The number of pyridine rings is 1. The van der Waals surface area contributed by atoms with E-state index in [1.54, 1.807) is 13.2 Å². The zero-order chi connectivity index (χ0) is 24.4. The first-order valence-electron chi connectivity index (χ1n) is 11.5. The molecular weight excluding hydrogens is 448 g/mol. The third-order valence-corrected chi connectivity index (χ3v) is 6.67. The van der Waals surface area contributed by atoms with E-state index in [0.29, 0.717) is 43.2 Å². The molecule has 1 amide bonds. The Hall–Kier alpha value is -3.88. The Morgan fingerprint density at radius 2 is 2.14 bits per heavy atom. The lowest BCUT2D eigenvalue weighted by atomic mass is 10.0. The summed E-state index contributed by atoms with van der Waals surface area (Å²) >= 11 is 0. The Morgan fingerprint density at radius 1 is 1.26 bits per heavy atom. The van der Waals surface area contributed by atoms with Crippen molar-refractivity contribution in [2.45, 2.75) is 25.5 Å². The number of morpholine rings is 1. The van der Waals surface area contributed by atoms with Crippen LogP contribution in [0.25, 0.3) is 5.82 Å². The van der Waals surface area contributed by atoms with E-state index in [1.165, 1.54) is 11.0 Å². The fourth-order valence-electron chi connectivity index (χ4n) is 4.64. The van der Waals surface area contributed by atoms with E-state index in [1.807, 2.05) is 36.1 Å². The molecule has 4 heterocycles. The number of methoxy groups -OCH3 is 1. The number of rotatable bonds is 5. The maximum Gasteiger partial charge on any atom is 0.227 e. The molecule has 5 rings (SSSR count). The Bertz CT molecular complexity index is 1260. The van der Waals surface area contributed by atoms with Crippen molar-refractivity contribution < 1.29 is 14.3 Å². The molecule has 0 radical (unpaired) electrons. The van der Waals surface area contributed by atoms with Crippen LogP contribution in [0.4, 0.5) is 0 Å². The lowest BCUT2D eigenvalue weighted by Gasteiger charge is -2.46. The smallest absolute Gasteiger partial charge is 0.227 e. The van der Waals surface area contributed by atoms with Crippen LogP contribution in [0.15, 0.2) is 36.7 Å². The predicted molar refractivity (Wildman–Crippen MR) is 124 cm³/mol. The number of nitriles is 1. The van der Waals surface area contributed by atoms with Crippen LogP contribution in [0, 0.1) is 18.3 Å². The number of fused-ring (bicyclic) bond motifs is 1. The van der Waals surface area contributed by atoms with Crippen molar-refractivity contribution in [3.63, 3.8) is 0 Å². The van der Waals surface area contributed by atoms with Crippen molar-refractivity contribution in [3.05, 3.63) is 59.0 Å². The summed E-state index contributed by atoms with van der Waals surface area (Å²) in [5.74, 6) is 1.26. The number of hydrogen-bond donors (Lipinski definition) is 0. The molecule has 0 spiro atoms. The van der Waals surface area contributed by atoms with E-state index >= 15 is 0 Å². The van der Waals surface area contributed by atoms with Gasteiger partial charge in [0.25, 0.3) is 0 Å². The van der Waals surface area contributed by atoms with Crippen molar-refractivity contribution in [2.24, 2.45) is 0 Å². The summed E-state index contributed by atoms with van der Waals surface area (Å²) in [7, 11) is 1.56. The van der Waals surface area contributed by atoms with E-state index in [2.05, 4.69) is 31.5 Å². The van der Waals surface area contributed by atoms with Gasteiger partial charge in [-0.3, -0.25) is 9.69 Å². The Labute approximate surface area is 202 Å². The molecule has 2 aliphatic rings. The molecule has 0 saturated carbocycles. The first-order chi connectivity index (χ1) is 17.1. The van der Waals surface area contributed by atoms with Crippen molar-refractivity contribution in [3.8, 4) is 17.6 Å². The zero-order valence-electron chi connectivity index (χ0n) is 19.7. The van der Waals surface area contributed by atoms with Crippen LogP contribution < -0.4 is 4.74 Å². The number of hydrogen-bond acceptors (Lipinski definition) is 9. The number of carbonyl (C=O) groups excluding carboxylic acids is 1. The van der Waals surface area contributed by atoms with Gasteiger partial charge in [-0.2, -0.15) is 9.94 Å². The van der Waals surface area contributed by atoms with Gasteiger partial charge in [-0.1, -0.05) is 12.1 Å². The van der Waals surface area contributed by atoms with Crippen molar-refractivity contribution in [1.82, 2.24) is 35.0 Å². The van der Waals surface area contributed by atoms with Gasteiger partial charge in [-0.05, 0) is 46.7 Å². The molecule has 1 aromatic carbocycles. The average molecular weight is 475 g/mol. The van der Waals surface area contributed by atoms with Crippen molar-refractivity contribution >= 4 is 5.91 Å². The molecule has 2 saturated heterocycles. The molecule has 0 bridgehead atoms. The number of nitrogens with zero attached hydrogens (tertiary/aromatic N) is 8. The summed E-state index contributed by atoms with van der Waals surface area (Å²) in [5.41, 5.74) is 3.18. The molecule has 2 atom stereocenters. The van der Waals surface area contributed by atoms with E-state index in [9.17, 15) is 10.1 Å². The topological polar surface area (TPSA) is 122 Å². The van der Waals surface area contributed by atoms with Crippen LogP contribution in [-0.2, 0) is 16.0 Å². The molecule has 11 nitrogen and oxygen atoms in total. The van der Waals surface area contributed by atoms with Crippen LogP contribution in [0.2, 0.25) is 0 Å². The highest BCUT2D eigenvalue weighted by atomic mass is 16.5. The number of ether oxygens (including phenoxy) is 2. The molecule has 2 fully saturated rings. The number of amides is 1. The highest BCUT2D eigenvalue weighted by Gasteiger charge is 2.35. The molecular formula is C24H26N8O3. The van der Waals surface area contributed by atoms with Gasteiger partial charge in [0.05, 0.1) is 37.8 Å². The highest BCUT2D eigenvalue weighted by molar-refractivity contribution is 5.79. The zero-order valence-corrected chi connectivity index (χ0v) is 19.7. The predicted octanol–water partition coefficient (Wildman–Crippen LogP) is 1.07. The minimum Gasteiger partial charge on any atom is -0.495 e. The summed E-state index contributed by atoms with van der Waals surface area (Å²) in [4.78, 5) is 21.9. The second kappa shape index (κ2) is 9.77. The Kier molecular flexibility index (Phi) is 6.39. The minimum atomic E-state index is -0.0948. The summed E-state index contributed by atoms with van der Waals surface area (Å²) in [6.45, 7) is 5.27. The number of aromatic nitrogens is 5. The summed E-state index contributed by atoms with van der Waals surface area (Å²) in [6.07, 6.45) is 1.69. The minimum absolute atomic E-state index is 0.0867. The van der Waals surface area contributed by atoms with Crippen LogP contribution in [0.1, 0.15) is 28.5 Å². The molecule has 11 heteroatoms. The number of tetrazole rings is 1. The third kappa shape index (κ3) is 4.71. The van der Waals surface area contributed by atoms with E-state index in [4.69, 9.17) is 9.47 Å². The van der Waals surface area contributed by atoms with Gasteiger partial charge in [0.15, 0.2) is 5.82 Å². The van der Waals surface area contributed by atoms with E-state index < -0.39 is 0 Å². The molecule has 2 unspecified atom stereocenters. The third-order valence-electron chi connectivity index (χ3n) is 6.67. The van der Waals surface area contributed by atoms with Crippen molar-refractivity contribution in [1.29, 1.82) is 5.26 Å². The fourth-order valence-corrected chi connectivity index (χ4v) is 4.64. The molecule has 0 aliphatic carbocycles. The first kappa shape index (κ1) is 22.9. The largest absolute Gasteiger partial charge is 0.495 e. The van der Waals surface area contributed by atoms with Gasteiger partial charge >= 0.3 is 0 Å². The SMILES string of the molecule is COc1cc(C2CN3CCN(C(=O)Cc4ccc(-n5cnnn5)nc4C)CC3CO2)ccc1C#N. The number of benzene rings is 1. The second-order valence-corrected chi connectivity index (χ2v) is 8.73. The number of carbonyl (C=O) groups is 1. The molecule has 3 aromatic rings. The maximum atomic E-state index is 13.1. The highest BCUT2D eigenvalue weighted by Crippen LogP contribution is 2.30. The van der Waals surface area contributed by atoms with Gasteiger partial charge in [-0.25, -0.2) is 4.98 Å². The van der Waals surface area contributed by atoms with Crippen LogP contribution in [0.5, 0.6) is 5.75 Å². The summed E-state index contributed by atoms with van der Waals surface area (Å²) < 4.78 is 13.0. The van der Waals surface area contributed by atoms with Crippen molar-refractivity contribution in [2.75, 3.05) is 39.9 Å². The Morgan fingerprint density at radius 3 is 2.89 bits per heavy atom. The van der Waals surface area contributed by atoms with Gasteiger partial charge < -0.3 is 14.4 Å². The Balaban J connectivity index is 1.19.